The van der Waals surface area contributed by atoms with Crippen LogP contribution in [0.3, 0.4) is 0 Å². The Balaban J connectivity index is 2.39. The highest BCUT2D eigenvalue weighted by Crippen LogP contribution is 2.16. The van der Waals surface area contributed by atoms with Crippen molar-refractivity contribution in [2.45, 2.75) is 27.2 Å². The van der Waals surface area contributed by atoms with Gasteiger partial charge in [0.2, 0.25) is 4.96 Å². The Bertz CT molecular complexity index is 415. The summed E-state index contributed by atoms with van der Waals surface area (Å²) in [6, 6.07) is 0. The van der Waals surface area contributed by atoms with E-state index in [9.17, 15) is 0 Å². The number of hydrogen-bond acceptors (Lipinski definition) is 4. The van der Waals surface area contributed by atoms with Crippen molar-refractivity contribution in [2.24, 2.45) is 5.92 Å². The fourth-order valence-corrected chi connectivity index (χ4v) is 2.28. The van der Waals surface area contributed by atoms with Gasteiger partial charge in [-0.3, -0.25) is 0 Å². The maximum Gasteiger partial charge on any atom is 0.234 e. The fraction of sp³-hybridized carbons (Fsp3) is 0.625. The van der Waals surface area contributed by atoms with E-state index < -0.39 is 0 Å². The maximum atomic E-state index is 4.42. The summed E-state index contributed by atoms with van der Waals surface area (Å²) in [5.41, 5.74) is 0. The molecule has 2 aromatic heterocycles. The Labute approximate surface area is 80.6 Å². The Morgan fingerprint density at radius 3 is 2.77 bits per heavy atom. The van der Waals surface area contributed by atoms with Crippen molar-refractivity contribution in [1.82, 2.24) is 19.8 Å². The van der Waals surface area contributed by atoms with Gasteiger partial charge in [-0.15, -0.1) is 10.2 Å². The molecule has 0 bridgehead atoms. The quantitative estimate of drug-likeness (QED) is 0.734. The molecule has 0 unspecified atom stereocenters. The molecule has 0 atom stereocenters. The lowest BCUT2D eigenvalue weighted by Crippen LogP contribution is -1.95. The Kier molecular flexibility index (Phi) is 2.03. The molecule has 0 spiro atoms. The zero-order valence-corrected chi connectivity index (χ0v) is 8.80. The predicted octanol–water partition coefficient (Wildman–Crippen LogP) is 1.69. The first kappa shape index (κ1) is 8.62. The molecule has 13 heavy (non-hydrogen) atoms. The number of fused-ring (bicyclic) bond motifs is 1. The molecule has 4 nitrogen and oxygen atoms in total. The highest BCUT2D eigenvalue weighted by Gasteiger charge is 2.09. The van der Waals surface area contributed by atoms with Gasteiger partial charge in [0.05, 0.1) is 0 Å². The predicted molar refractivity (Wildman–Crippen MR) is 51.9 cm³/mol. The molecule has 2 aromatic rings. The fourth-order valence-electron chi connectivity index (χ4n) is 1.19. The normalized spacial score (nSPS) is 11.7. The molecule has 0 saturated carbocycles. The minimum Gasteiger partial charge on any atom is -0.188 e. The summed E-state index contributed by atoms with van der Waals surface area (Å²) < 4.78 is 1.81. The van der Waals surface area contributed by atoms with Crippen molar-refractivity contribution in [1.29, 1.82) is 0 Å². The van der Waals surface area contributed by atoms with Crippen LogP contribution in [-0.2, 0) is 6.42 Å². The van der Waals surface area contributed by atoms with Crippen LogP contribution in [0, 0.1) is 12.8 Å². The lowest BCUT2D eigenvalue weighted by Gasteiger charge is -1.97. The molecule has 0 radical (unpaired) electrons. The Morgan fingerprint density at radius 1 is 1.38 bits per heavy atom. The zero-order valence-electron chi connectivity index (χ0n) is 7.98. The van der Waals surface area contributed by atoms with Crippen LogP contribution in [-0.4, -0.2) is 19.8 Å². The maximum absolute atomic E-state index is 4.42. The first-order valence-corrected chi connectivity index (χ1v) is 5.16. The van der Waals surface area contributed by atoms with Crippen LogP contribution in [0.2, 0.25) is 0 Å². The van der Waals surface area contributed by atoms with Gasteiger partial charge in [0.1, 0.15) is 5.01 Å². The summed E-state index contributed by atoms with van der Waals surface area (Å²) in [5.74, 6) is 1.50. The second kappa shape index (κ2) is 3.06. The van der Waals surface area contributed by atoms with E-state index in [1.54, 1.807) is 11.3 Å². The second-order valence-electron chi connectivity index (χ2n) is 3.54. The third-order valence-corrected chi connectivity index (χ3v) is 2.69. The Morgan fingerprint density at radius 2 is 2.15 bits per heavy atom. The molecular weight excluding hydrogens is 184 g/mol. The van der Waals surface area contributed by atoms with E-state index in [4.69, 9.17) is 0 Å². The van der Waals surface area contributed by atoms with E-state index >= 15 is 0 Å². The average molecular weight is 196 g/mol. The van der Waals surface area contributed by atoms with Gasteiger partial charge >= 0.3 is 0 Å². The van der Waals surface area contributed by atoms with Crippen LogP contribution in [0.1, 0.15) is 24.7 Å². The van der Waals surface area contributed by atoms with Gasteiger partial charge in [-0.25, -0.2) is 0 Å². The molecule has 0 aliphatic rings. The van der Waals surface area contributed by atoms with Crippen LogP contribution in [0.25, 0.3) is 4.96 Å². The standard InChI is InChI=1S/C8H12N4S/c1-5(2)4-7-11-12-6(3)9-10-8(12)13-7/h5H,4H2,1-3H3. The van der Waals surface area contributed by atoms with Crippen molar-refractivity contribution >= 4 is 16.3 Å². The van der Waals surface area contributed by atoms with Crippen LogP contribution in [0.5, 0.6) is 0 Å². The second-order valence-corrected chi connectivity index (χ2v) is 4.58. The monoisotopic (exact) mass is 196 g/mol. The van der Waals surface area contributed by atoms with E-state index in [2.05, 4.69) is 29.1 Å². The Hall–Kier alpha value is -0.970. The van der Waals surface area contributed by atoms with Gasteiger partial charge < -0.3 is 0 Å². The third-order valence-electron chi connectivity index (χ3n) is 1.77. The molecule has 5 heteroatoms. The highest BCUT2D eigenvalue weighted by molar-refractivity contribution is 7.16. The summed E-state index contributed by atoms with van der Waals surface area (Å²) >= 11 is 1.62. The molecule has 0 aromatic carbocycles. The molecule has 0 fully saturated rings. The molecule has 2 rings (SSSR count). The largest absolute Gasteiger partial charge is 0.234 e. The molecule has 0 aliphatic carbocycles. The average Bonchev–Trinajstić information content (AvgIpc) is 2.53. The minimum absolute atomic E-state index is 0.643. The van der Waals surface area contributed by atoms with Gasteiger partial charge in [-0.1, -0.05) is 25.2 Å². The summed E-state index contributed by atoms with van der Waals surface area (Å²) in [4.78, 5) is 0.896. The van der Waals surface area contributed by atoms with E-state index in [0.29, 0.717) is 5.92 Å². The third kappa shape index (κ3) is 1.56. The molecule has 70 valence electrons. The molecule has 0 saturated heterocycles. The van der Waals surface area contributed by atoms with E-state index in [0.717, 1.165) is 22.2 Å². The first-order chi connectivity index (χ1) is 6.16. The van der Waals surface area contributed by atoms with Crippen LogP contribution in [0.15, 0.2) is 0 Å². The van der Waals surface area contributed by atoms with Crippen molar-refractivity contribution in [3.63, 3.8) is 0 Å². The minimum atomic E-state index is 0.643. The lowest BCUT2D eigenvalue weighted by atomic mass is 10.1. The van der Waals surface area contributed by atoms with E-state index in [1.165, 1.54) is 0 Å². The molecule has 2 heterocycles. The van der Waals surface area contributed by atoms with Crippen LogP contribution >= 0.6 is 11.3 Å². The number of aryl methyl sites for hydroxylation is 1. The van der Waals surface area contributed by atoms with Crippen molar-refractivity contribution in [3.8, 4) is 0 Å². The molecular formula is C8H12N4S. The summed E-state index contributed by atoms with van der Waals surface area (Å²) in [7, 11) is 0. The zero-order chi connectivity index (χ0) is 9.42. The number of hydrogen-bond donors (Lipinski definition) is 0. The smallest absolute Gasteiger partial charge is 0.188 e. The summed E-state index contributed by atoms with van der Waals surface area (Å²) in [6.45, 7) is 6.30. The van der Waals surface area contributed by atoms with Gasteiger partial charge in [0.15, 0.2) is 5.82 Å². The molecule has 0 aliphatic heterocycles. The van der Waals surface area contributed by atoms with E-state index in [-0.39, 0.29) is 0 Å². The summed E-state index contributed by atoms with van der Waals surface area (Å²) in [5, 5.41) is 13.5. The lowest BCUT2D eigenvalue weighted by molar-refractivity contribution is 0.635. The van der Waals surface area contributed by atoms with Crippen molar-refractivity contribution in [3.05, 3.63) is 10.8 Å². The SMILES string of the molecule is Cc1nnc2sc(CC(C)C)nn12. The number of nitrogens with zero attached hydrogens (tertiary/aromatic N) is 4. The molecule has 0 amide bonds. The van der Waals surface area contributed by atoms with Gasteiger partial charge in [0.25, 0.3) is 0 Å². The van der Waals surface area contributed by atoms with Crippen molar-refractivity contribution < 1.29 is 0 Å². The topological polar surface area (TPSA) is 43.1 Å². The first-order valence-electron chi connectivity index (χ1n) is 4.34. The number of rotatable bonds is 2. The highest BCUT2D eigenvalue weighted by atomic mass is 32.1. The van der Waals surface area contributed by atoms with Crippen molar-refractivity contribution in [2.75, 3.05) is 0 Å². The molecule has 0 N–H and O–H groups in total. The number of aromatic nitrogens is 4. The van der Waals surface area contributed by atoms with Gasteiger partial charge in [-0.2, -0.15) is 9.61 Å². The van der Waals surface area contributed by atoms with Crippen LogP contribution < -0.4 is 0 Å². The van der Waals surface area contributed by atoms with Crippen LogP contribution in [0.4, 0.5) is 0 Å². The van der Waals surface area contributed by atoms with E-state index in [1.807, 2.05) is 11.4 Å². The van der Waals surface area contributed by atoms with Gasteiger partial charge in [-0.05, 0) is 12.8 Å². The van der Waals surface area contributed by atoms with Gasteiger partial charge in [0, 0.05) is 6.42 Å². The summed E-state index contributed by atoms with van der Waals surface area (Å²) in [6.07, 6.45) is 1.02.